The molecule has 0 spiro atoms. The fourth-order valence-electron chi connectivity index (χ4n) is 4.18. The van der Waals surface area contributed by atoms with E-state index in [0.717, 1.165) is 42.2 Å². The van der Waals surface area contributed by atoms with Gasteiger partial charge in [-0.15, -0.1) is 5.10 Å². The van der Waals surface area contributed by atoms with Crippen LogP contribution in [0.2, 0.25) is 0 Å². The highest BCUT2D eigenvalue weighted by molar-refractivity contribution is 7.71. The number of hydrogen-bond acceptors (Lipinski definition) is 6. The van der Waals surface area contributed by atoms with Crippen LogP contribution in [0.25, 0.3) is 17.1 Å². The first kappa shape index (κ1) is 23.2. The van der Waals surface area contributed by atoms with Crippen molar-refractivity contribution < 1.29 is 14.3 Å². The smallest absolute Gasteiger partial charge is 0.310 e. The van der Waals surface area contributed by atoms with Crippen molar-refractivity contribution in [3.63, 3.8) is 0 Å². The largest absolute Gasteiger partial charge is 0.497 e. The number of benzene rings is 2. The molecular weight excluding hydrogens is 436 g/mol. The molecule has 1 fully saturated rings. The SMILES string of the molecule is CCOC(=O)C1CCCN(Cn2nc(-c3ccc(OC)cc3)n(-c3ccc(C)cc3)c2=S)C1. The summed E-state index contributed by atoms with van der Waals surface area (Å²) >= 11 is 5.89. The van der Waals surface area contributed by atoms with E-state index < -0.39 is 0 Å². The molecule has 1 unspecified atom stereocenters. The summed E-state index contributed by atoms with van der Waals surface area (Å²) < 4.78 is 15.0. The molecule has 0 bridgehead atoms. The molecule has 0 N–H and O–H groups in total. The summed E-state index contributed by atoms with van der Waals surface area (Å²) in [5.41, 5.74) is 3.09. The van der Waals surface area contributed by atoms with E-state index in [9.17, 15) is 4.79 Å². The van der Waals surface area contributed by atoms with Crippen LogP contribution in [0.1, 0.15) is 25.3 Å². The van der Waals surface area contributed by atoms with E-state index in [-0.39, 0.29) is 11.9 Å². The predicted octanol–water partition coefficient (Wildman–Crippen LogP) is 4.62. The first-order chi connectivity index (χ1) is 16.0. The molecule has 1 saturated heterocycles. The molecule has 2 heterocycles. The second-order valence-corrected chi connectivity index (χ2v) is 8.68. The van der Waals surface area contributed by atoms with E-state index in [1.165, 1.54) is 5.56 Å². The molecule has 0 saturated carbocycles. The Bertz CT molecular complexity index is 1150. The average molecular weight is 467 g/mol. The Labute approximate surface area is 199 Å². The zero-order valence-corrected chi connectivity index (χ0v) is 20.2. The maximum absolute atomic E-state index is 12.3. The molecule has 0 amide bonds. The summed E-state index contributed by atoms with van der Waals surface area (Å²) in [7, 11) is 1.65. The summed E-state index contributed by atoms with van der Waals surface area (Å²) in [4.78, 5) is 14.5. The van der Waals surface area contributed by atoms with Gasteiger partial charge in [-0.1, -0.05) is 17.7 Å². The quantitative estimate of drug-likeness (QED) is 0.374. The number of hydrogen-bond donors (Lipinski definition) is 0. The lowest BCUT2D eigenvalue weighted by Gasteiger charge is -2.31. The number of carbonyl (C=O) groups is 1. The summed E-state index contributed by atoms with van der Waals surface area (Å²) in [5, 5.41) is 4.91. The number of piperidine rings is 1. The number of aromatic nitrogens is 3. The van der Waals surface area contributed by atoms with Crippen LogP contribution in [0, 0.1) is 17.6 Å². The fraction of sp³-hybridized carbons (Fsp3) is 0.400. The van der Waals surface area contributed by atoms with Crippen LogP contribution in [0.4, 0.5) is 0 Å². The molecule has 0 aliphatic carbocycles. The first-order valence-corrected chi connectivity index (χ1v) is 11.7. The van der Waals surface area contributed by atoms with Gasteiger partial charge in [-0.25, -0.2) is 4.68 Å². The third-order valence-electron chi connectivity index (χ3n) is 5.94. The van der Waals surface area contributed by atoms with Gasteiger partial charge in [0.05, 0.1) is 26.3 Å². The van der Waals surface area contributed by atoms with Gasteiger partial charge >= 0.3 is 5.97 Å². The number of likely N-dealkylation sites (tertiary alicyclic amines) is 1. The van der Waals surface area contributed by atoms with Gasteiger partial charge in [0.15, 0.2) is 5.82 Å². The van der Waals surface area contributed by atoms with Crippen molar-refractivity contribution in [2.75, 3.05) is 26.8 Å². The van der Waals surface area contributed by atoms with Crippen molar-refractivity contribution in [3.05, 3.63) is 58.9 Å². The monoisotopic (exact) mass is 466 g/mol. The maximum Gasteiger partial charge on any atom is 0.310 e. The minimum atomic E-state index is -0.116. The molecule has 1 atom stereocenters. The molecule has 1 aliphatic rings. The van der Waals surface area contributed by atoms with E-state index in [4.69, 9.17) is 26.8 Å². The fourth-order valence-corrected chi connectivity index (χ4v) is 4.47. The van der Waals surface area contributed by atoms with Crippen LogP contribution in [0.5, 0.6) is 5.75 Å². The minimum Gasteiger partial charge on any atom is -0.497 e. The Balaban J connectivity index is 1.68. The number of ether oxygens (including phenoxy) is 2. The molecule has 0 radical (unpaired) electrons. The van der Waals surface area contributed by atoms with Crippen molar-refractivity contribution in [1.29, 1.82) is 0 Å². The number of aryl methyl sites for hydroxylation is 1. The average Bonchev–Trinajstić information content (AvgIpc) is 3.16. The summed E-state index contributed by atoms with van der Waals surface area (Å²) in [5.74, 6) is 1.34. The van der Waals surface area contributed by atoms with E-state index in [0.29, 0.717) is 24.6 Å². The van der Waals surface area contributed by atoms with Crippen molar-refractivity contribution >= 4 is 18.2 Å². The van der Waals surface area contributed by atoms with E-state index in [1.54, 1.807) is 7.11 Å². The number of nitrogens with zero attached hydrogens (tertiary/aromatic N) is 4. The van der Waals surface area contributed by atoms with Gasteiger partial charge in [0.1, 0.15) is 5.75 Å². The number of rotatable bonds is 7. The molecule has 174 valence electrons. The number of carbonyl (C=O) groups excluding carboxylic acids is 1. The predicted molar refractivity (Wildman–Crippen MR) is 130 cm³/mol. The highest BCUT2D eigenvalue weighted by Crippen LogP contribution is 2.26. The van der Waals surface area contributed by atoms with Crippen LogP contribution < -0.4 is 4.74 Å². The lowest BCUT2D eigenvalue weighted by Crippen LogP contribution is -2.40. The third kappa shape index (κ3) is 5.17. The molecule has 1 aromatic heterocycles. The molecule has 7 nitrogen and oxygen atoms in total. The number of esters is 1. The third-order valence-corrected chi connectivity index (χ3v) is 6.33. The van der Waals surface area contributed by atoms with Gasteiger partial charge in [0.2, 0.25) is 4.77 Å². The first-order valence-electron chi connectivity index (χ1n) is 11.3. The molecule has 3 aromatic rings. The summed E-state index contributed by atoms with van der Waals surface area (Å²) in [6.07, 6.45) is 1.80. The summed E-state index contributed by atoms with van der Waals surface area (Å²) in [6, 6.07) is 16.1. The Morgan fingerprint density at radius 2 is 1.88 bits per heavy atom. The van der Waals surface area contributed by atoms with Crippen LogP contribution in [-0.2, 0) is 16.2 Å². The molecule has 4 rings (SSSR count). The number of methoxy groups -OCH3 is 1. The Kier molecular flexibility index (Phi) is 7.25. The van der Waals surface area contributed by atoms with Crippen molar-refractivity contribution in [2.45, 2.75) is 33.4 Å². The Morgan fingerprint density at radius 3 is 2.55 bits per heavy atom. The Morgan fingerprint density at radius 1 is 1.15 bits per heavy atom. The summed E-state index contributed by atoms with van der Waals surface area (Å²) in [6.45, 7) is 6.38. The minimum absolute atomic E-state index is 0.104. The van der Waals surface area contributed by atoms with Gasteiger partial charge < -0.3 is 9.47 Å². The van der Waals surface area contributed by atoms with Crippen LogP contribution in [0.3, 0.4) is 0 Å². The van der Waals surface area contributed by atoms with Crippen LogP contribution >= 0.6 is 12.2 Å². The van der Waals surface area contributed by atoms with Gasteiger partial charge in [-0.05, 0) is 81.8 Å². The van der Waals surface area contributed by atoms with Crippen molar-refractivity contribution in [2.24, 2.45) is 5.92 Å². The Hall–Kier alpha value is -2.97. The van der Waals surface area contributed by atoms with Gasteiger partial charge in [-0.2, -0.15) is 0 Å². The van der Waals surface area contributed by atoms with Gasteiger partial charge in [-0.3, -0.25) is 14.3 Å². The zero-order chi connectivity index (χ0) is 23.4. The van der Waals surface area contributed by atoms with E-state index >= 15 is 0 Å². The van der Waals surface area contributed by atoms with Gasteiger partial charge in [0, 0.05) is 17.8 Å². The molecule has 8 heteroatoms. The highest BCUT2D eigenvalue weighted by atomic mass is 32.1. The van der Waals surface area contributed by atoms with E-state index in [1.807, 2.05) is 40.4 Å². The lowest BCUT2D eigenvalue weighted by atomic mass is 9.99. The standard InChI is InChI=1S/C25H30N4O3S/c1-4-32-24(30)20-6-5-15-27(16-20)17-28-25(33)29(21-11-7-18(2)8-12-21)23(26-28)19-9-13-22(31-3)14-10-19/h7-14,20H,4-6,15-17H2,1-3H3. The van der Waals surface area contributed by atoms with Crippen molar-refractivity contribution in [1.82, 2.24) is 19.2 Å². The highest BCUT2D eigenvalue weighted by Gasteiger charge is 2.27. The topological polar surface area (TPSA) is 61.5 Å². The second kappa shape index (κ2) is 10.3. The molecule has 1 aliphatic heterocycles. The van der Waals surface area contributed by atoms with Crippen LogP contribution in [0.15, 0.2) is 48.5 Å². The van der Waals surface area contributed by atoms with Crippen molar-refractivity contribution in [3.8, 4) is 22.8 Å². The molecular formula is C25H30N4O3S. The normalized spacial score (nSPS) is 16.5. The van der Waals surface area contributed by atoms with Crippen LogP contribution in [-0.4, -0.2) is 52.0 Å². The lowest BCUT2D eigenvalue weighted by molar-refractivity contribution is -0.150. The maximum atomic E-state index is 12.3. The van der Waals surface area contributed by atoms with Gasteiger partial charge in [0.25, 0.3) is 0 Å². The zero-order valence-electron chi connectivity index (χ0n) is 19.4. The van der Waals surface area contributed by atoms with E-state index in [2.05, 4.69) is 36.1 Å². The second-order valence-electron chi connectivity index (χ2n) is 8.31. The molecule has 2 aromatic carbocycles. The molecule has 33 heavy (non-hydrogen) atoms.